The summed E-state index contributed by atoms with van der Waals surface area (Å²) in [6.45, 7) is 0. The minimum atomic E-state index is -0.358. The summed E-state index contributed by atoms with van der Waals surface area (Å²) in [5.74, 6) is -0.103. The van der Waals surface area contributed by atoms with Gasteiger partial charge in [-0.2, -0.15) is 0 Å². The van der Waals surface area contributed by atoms with E-state index in [9.17, 15) is 9.18 Å². The molecule has 2 aromatic carbocycles. The Morgan fingerprint density at radius 2 is 1.68 bits per heavy atom. The first-order chi connectivity index (χ1) is 9.16. The van der Waals surface area contributed by atoms with E-state index in [1.165, 1.54) is 24.3 Å². The molecule has 1 aromatic heterocycles. The summed E-state index contributed by atoms with van der Waals surface area (Å²) in [4.78, 5) is 12.1. The van der Waals surface area contributed by atoms with Gasteiger partial charge in [0.1, 0.15) is 16.4 Å². The third-order valence-electron chi connectivity index (χ3n) is 2.85. The molecule has 0 aliphatic rings. The van der Waals surface area contributed by atoms with Gasteiger partial charge in [0, 0.05) is 5.56 Å². The fraction of sp³-hybridized carbons (Fsp3) is 0. The Morgan fingerprint density at radius 1 is 1.00 bits per heavy atom. The quantitative estimate of drug-likeness (QED) is 0.664. The second-order valence-electron chi connectivity index (χ2n) is 4.08. The van der Waals surface area contributed by atoms with Gasteiger partial charge in [-0.1, -0.05) is 23.7 Å². The second kappa shape index (κ2) is 4.52. The van der Waals surface area contributed by atoms with Gasteiger partial charge in [-0.25, -0.2) is 4.39 Å². The fourth-order valence-corrected chi connectivity index (χ4v) is 2.16. The van der Waals surface area contributed by atoms with E-state index in [2.05, 4.69) is 0 Å². The van der Waals surface area contributed by atoms with Gasteiger partial charge in [0.25, 0.3) is 0 Å². The molecule has 2 nitrogen and oxygen atoms in total. The van der Waals surface area contributed by atoms with Crippen molar-refractivity contribution in [3.8, 4) is 11.3 Å². The maximum atomic E-state index is 12.9. The van der Waals surface area contributed by atoms with Gasteiger partial charge in [0.05, 0.1) is 5.39 Å². The van der Waals surface area contributed by atoms with E-state index in [-0.39, 0.29) is 22.0 Å². The topological polar surface area (TPSA) is 30.2 Å². The van der Waals surface area contributed by atoms with Crippen LogP contribution in [0.1, 0.15) is 0 Å². The van der Waals surface area contributed by atoms with Crippen molar-refractivity contribution in [2.24, 2.45) is 0 Å². The molecule has 0 N–H and O–H groups in total. The number of hydrogen-bond donors (Lipinski definition) is 0. The van der Waals surface area contributed by atoms with Crippen molar-refractivity contribution in [2.75, 3.05) is 0 Å². The lowest BCUT2D eigenvalue weighted by molar-refractivity contribution is 0.616. The Labute approximate surface area is 113 Å². The van der Waals surface area contributed by atoms with Gasteiger partial charge in [0.15, 0.2) is 5.76 Å². The largest absolute Gasteiger partial charge is 0.454 e. The Hall–Kier alpha value is -2.13. The second-order valence-corrected chi connectivity index (χ2v) is 4.46. The summed E-state index contributed by atoms with van der Waals surface area (Å²) in [5.41, 5.74) is 0.730. The predicted octanol–water partition coefficient (Wildman–Crippen LogP) is 4.25. The first-order valence-electron chi connectivity index (χ1n) is 5.64. The molecule has 3 rings (SSSR count). The lowest BCUT2D eigenvalue weighted by atomic mass is 10.1. The summed E-state index contributed by atoms with van der Waals surface area (Å²) in [5, 5.41) is 0.434. The number of halogens is 2. The molecule has 4 heteroatoms. The van der Waals surface area contributed by atoms with Gasteiger partial charge < -0.3 is 4.42 Å². The summed E-state index contributed by atoms with van der Waals surface area (Å²) in [6.07, 6.45) is 0. The third kappa shape index (κ3) is 2.02. The molecule has 3 aromatic rings. The summed E-state index contributed by atoms with van der Waals surface area (Å²) < 4.78 is 18.6. The van der Waals surface area contributed by atoms with Gasteiger partial charge in [-0.05, 0) is 36.4 Å². The number of benzene rings is 2. The van der Waals surface area contributed by atoms with Crippen molar-refractivity contribution < 1.29 is 8.81 Å². The molecule has 0 fully saturated rings. The highest BCUT2D eigenvalue weighted by atomic mass is 35.5. The maximum Gasteiger partial charge on any atom is 0.211 e. The van der Waals surface area contributed by atoms with Crippen molar-refractivity contribution in [3.05, 3.63) is 69.6 Å². The number of para-hydroxylation sites is 1. The van der Waals surface area contributed by atoms with E-state index < -0.39 is 0 Å². The lowest BCUT2D eigenvalue weighted by Crippen LogP contribution is -2.03. The molecule has 1 heterocycles. The highest BCUT2D eigenvalue weighted by Gasteiger charge is 2.13. The normalized spacial score (nSPS) is 10.8. The Balaban J connectivity index is 2.33. The molecule has 0 saturated heterocycles. The molecule has 0 unspecified atom stereocenters. The molecule has 0 aliphatic heterocycles. The van der Waals surface area contributed by atoms with Crippen LogP contribution in [0.5, 0.6) is 0 Å². The van der Waals surface area contributed by atoms with Crippen LogP contribution < -0.4 is 5.43 Å². The molecule has 0 bridgehead atoms. The zero-order valence-corrected chi connectivity index (χ0v) is 10.4. The SMILES string of the molecule is O=c1c(Cl)c(-c2ccc(F)cc2)oc2ccccc12. The highest BCUT2D eigenvalue weighted by Crippen LogP contribution is 2.28. The van der Waals surface area contributed by atoms with Gasteiger partial charge in [-0.15, -0.1) is 0 Å². The van der Waals surface area contributed by atoms with Crippen molar-refractivity contribution in [1.29, 1.82) is 0 Å². The van der Waals surface area contributed by atoms with Gasteiger partial charge in [0.2, 0.25) is 5.43 Å². The van der Waals surface area contributed by atoms with E-state index >= 15 is 0 Å². The Kier molecular flexibility index (Phi) is 2.84. The zero-order chi connectivity index (χ0) is 13.4. The third-order valence-corrected chi connectivity index (χ3v) is 3.19. The minimum absolute atomic E-state index is 0.00491. The van der Waals surface area contributed by atoms with E-state index in [1.54, 1.807) is 24.3 Å². The molecule has 0 atom stereocenters. The highest BCUT2D eigenvalue weighted by molar-refractivity contribution is 6.33. The van der Waals surface area contributed by atoms with Gasteiger partial charge in [-0.3, -0.25) is 4.79 Å². The number of rotatable bonds is 1. The summed E-state index contributed by atoms with van der Waals surface area (Å²) in [7, 11) is 0. The van der Waals surface area contributed by atoms with Crippen molar-refractivity contribution >= 4 is 22.6 Å². The first-order valence-corrected chi connectivity index (χ1v) is 6.02. The monoisotopic (exact) mass is 274 g/mol. The van der Waals surface area contributed by atoms with Crippen molar-refractivity contribution in [2.45, 2.75) is 0 Å². The zero-order valence-electron chi connectivity index (χ0n) is 9.69. The molecule has 0 amide bonds. The molecule has 0 aliphatic carbocycles. The fourth-order valence-electron chi connectivity index (χ4n) is 1.91. The Bertz CT molecular complexity index is 806. The van der Waals surface area contributed by atoms with Crippen LogP contribution >= 0.6 is 11.6 Å². The standard InChI is InChI=1S/C15H8ClFO2/c16-13-14(18)11-3-1-2-4-12(11)19-15(13)9-5-7-10(17)8-6-9/h1-8H. The molecule has 0 radical (unpaired) electrons. The predicted molar refractivity (Wildman–Crippen MR) is 72.9 cm³/mol. The molecule has 0 spiro atoms. The number of fused-ring (bicyclic) bond motifs is 1. The molecule has 94 valence electrons. The van der Waals surface area contributed by atoms with Gasteiger partial charge >= 0.3 is 0 Å². The van der Waals surface area contributed by atoms with E-state index in [1.807, 2.05) is 0 Å². The Morgan fingerprint density at radius 3 is 2.42 bits per heavy atom. The summed E-state index contributed by atoms with van der Waals surface area (Å²) >= 11 is 6.05. The smallest absolute Gasteiger partial charge is 0.211 e. The molecule has 19 heavy (non-hydrogen) atoms. The lowest BCUT2D eigenvalue weighted by Gasteiger charge is -2.05. The van der Waals surface area contributed by atoms with Crippen molar-refractivity contribution in [1.82, 2.24) is 0 Å². The minimum Gasteiger partial charge on any atom is -0.454 e. The van der Waals surface area contributed by atoms with Crippen LogP contribution in [-0.4, -0.2) is 0 Å². The van der Waals surface area contributed by atoms with Crippen LogP contribution in [0.15, 0.2) is 57.7 Å². The van der Waals surface area contributed by atoms with E-state index in [0.29, 0.717) is 16.5 Å². The molecule has 0 saturated carbocycles. The van der Waals surface area contributed by atoms with Crippen LogP contribution in [0.2, 0.25) is 5.02 Å². The van der Waals surface area contributed by atoms with Crippen LogP contribution in [0.4, 0.5) is 4.39 Å². The van der Waals surface area contributed by atoms with Crippen LogP contribution in [0.25, 0.3) is 22.3 Å². The van der Waals surface area contributed by atoms with E-state index in [0.717, 1.165) is 0 Å². The number of hydrogen-bond acceptors (Lipinski definition) is 2. The van der Waals surface area contributed by atoms with Crippen LogP contribution in [0, 0.1) is 5.82 Å². The van der Waals surface area contributed by atoms with E-state index in [4.69, 9.17) is 16.0 Å². The van der Waals surface area contributed by atoms with Crippen LogP contribution in [-0.2, 0) is 0 Å². The average Bonchev–Trinajstić information content (AvgIpc) is 2.44. The average molecular weight is 275 g/mol. The molecular formula is C15H8ClFO2. The molecular weight excluding hydrogens is 267 g/mol. The maximum absolute atomic E-state index is 12.9. The van der Waals surface area contributed by atoms with Crippen LogP contribution in [0.3, 0.4) is 0 Å². The summed E-state index contributed by atoms with van der Waals surface area (Å²) in [6, 6.07) is 12.5. The van der Waals surface area contributed by atoms with Crippen molar-refractivity contribution in [3.63, 3.8) is 0 Å². The first kappa shape index (κ1) is 11.9.